The Bertz CT molecular complexity index is 393. The maximum absolute atomic E-state index is 12.0. The van der Waals surface area contributed by atoms with Crippen LogP contribution in [0.2, 0.25) is 5.02 Å². The Morgan fingerprint density at radius 3 is 2.50 bits per heavy atom. The van der Waals surface area contributed by atoms with Crippen molar-refractivity contribution in [1.29, 1.82) is 0 Å². The zero-order valence-corrected chi connectivity index (χ0v) is 13.1. The highest BCUT2D eigenvalue weighted by molar-refractivity contribution is 9.09. The van der Waals surface area contributed by atoms with Gasteiger partial charge in [0.2, 0.25) is 0 Å². The van der Waals surface area contributed by atoms with Crippen LogP contribution in [0.1, 0.15) is 37.0 Å². The fourth-order valence-corrected chi connectivity index (χ4v) is 3.03. The molecule has 1 N–H and O–H groups in total. The van der Waals surface area contributed by atoms with Crippen molar-refractivity contribution in [2.75, 3.05) is 6.54 Å². The van der Waals surface area contributed by atoms with Gasteiger partial charge in [-0.3, -0.25) is 4.79 Å². The summed E-state index contributed by atoms with van der Waals surface area (Å²) in [6.45, 7) is 4.95. The van der Waals surface area contributed by atoms with E-state index in [1.807, 2.05) is 12.1 Å². The smallest absolute Gasteiger partial charge is 0.252 e. The lowest BCUT2D eigenvalue weighted by Crippen LogP contribution is -2.33. The Hall–Kier alpha value is -0.540. The number of nitrogens with one attached hydrogen (secondary N) is 1. The van der Waals surface area contributed by atoms with Gasteiger partial charge in [0.05, 0.1) is 10.6 Å². The van der Waals surface area contributed by atoms with E-state index in [9.17, 15) is 4.79 Å². The van der Waals surface area contributed by atoms with Gasteiger partial charge >= 0.3 is 0 Å². The first-order chi connectivity index (χ1) is 8.60. The van der Waals surface area contributed by atoms with Crippen molar-refractivity contribution >= 4 is 33.4 Å². The van der Waals surface area contributed by atoms with E-state index in [0.717, 1.165) is 12.8 Å². The second kappa shape index (κ2) is 7.80. The maximum atomic E-state index is 12.0. The molecule has 0 heterocycles. The zero-order valence-electron chi connectivity index (χ0n) is 10.7. The fraction of sp³-hybridized carbons (Fsp3) is 0.500. The molecule has 1 rings (SSSR count). The molecular weight excluding hydrogens is 314 g/mol. The van der Waals surface area contributed by atoms with Crippen LogP contribution in [-0.2, 0) is 0 Å². The number of alkyl halides is 1. The lowest BCUT2D eigenvalue weighted by Gasteiger charge is -2.20. The van der Waals surface area contributed by atoms with Gasteiger partial charge in [0.15, 0.2) is 0 Å². The van der Waals surface area contributed by atoms with Gasteiger partial charge in [-0.05, 0) is 18.1 Å². The molecule has 1 aromatic rings. The van der Waals surface area contributed by atoms with E-state index in [4.69, 9.17) is 11.6 Å². The molecule has 0 saturated heterocycles. The summed E-state index contributed by atoms with van der Waals surface area (Å²) < 4.78 is 0. The molecular formula is C14H19BrClNO. The van der Waals surface area contributed by atoms with Crippen LogP contribution in [-0.4, -0.2) is 17.3 Å². The van der Waals surface area contributed by atoms with E-state index >= 15 is 0 Å². The summed E-state index contributed by atoms with van der Waals surface area (Å²) in [5, 5.41) is 3.41. The molecule has 0 saturated carbocycles. The molecule has 1 atom stereocenters. The fourth-order valence-electron chi connectivity index (χ4n) is 1.90. The second-order valence-electron chi connectivity index (χ2n) is 4.28. The van der Waals surface area contributed by atoms with E-state index in [1.165, 1.54) is 0 Å². The molecule has 18 heavy (non-hydrogen) atoms. The normalized spacial score (nSPS) is 12.5. The largest absolute Gasteiger partial charge is 0.351 e. The highest BCUT2D eigenvalue weighted by atomic mass is 79.9. The molecule has 1 unspecified atom stereocenters. The lowest BCUT2D eigenvalue weighted by atomic mass is 9.99. The minimum Gasteiger partial charge on any atom is -0.351 e. The predicted molar refractivity (Wildman–Crippen MR) is 80.6 cm³/mol. The zero-order chi connectivity index (χ0) is 13.5. The van der Waals surface area contributed by atoms with Gasteiger partial charge in [-0.1, -0.05) is 66.4 Å². The number of halogens is 2. The highest BCUT2D eigenvalue weighted by Gasteiger charge is 2.17. The van der Waals surface area contributed by atoms with E-state index in [-0.39, 0.29) is 5.91 Å². The first kappa shape index (κ1) is 15.5. The third kappa shape index (κ3) is 4.29. The summed E-state index contributed by atoms with van der Waals surface area (Å²) in [5.74, 6) is 0.465. The Kier molecular flexibility index (Phi) is 6.72. The first-order valence-corrected chi connectivity index (χ1v) is 7.56. The lowest BCUT2D eigenvalue weighted by molar-refractivity contribution is 0.0952. The minimum atomic E-state index is -0.115. The second-order valence-corrected chi connectivity index (χ2v) is 5.87. The average molecular weight is 333 g/mol. The van der Waals surface area contributed by atoms with Crippen LogP contribution in [0.5, 0.6) is 0 Å². The van der Waals surface area contributed by atoms with Gasteiger partial charge in [-0.15, -0.1) is 0 Å². The highest BCUT2D eigenvalue weighted by Crippen LogP contribution is 2.20. The van der Waals surface area contributed by atoms with Crippen LogP contribution in [0.15, 0.2) is 24.3 Å². The quantitative estimate of drug-likeness (QED) is 0.774. The molecule has 0 spiro atoms. The van der Waals surface area contributed by atoms with Gasteiger partial charge in [0.25, 0.3) is 5.91 Å². The van der Waals surface area contributed by atoms with Gasteiger partial charge < -0.3 is 5.32 Å². The molecule has 4 heteroatoms. The Morgan fingerprint density at radius 2 is 1.94 bits per heavy atom. The Morgan fingerprint density at radius 1 is 1.33 bits per heavy atom. The molecule has 1 amide bonds. The molecule has 0 aliphatic carbocycles. The first-order valence-electron chi connectivity index (χ1n) is 6.26. The van der Waals surface area contributed by atoms with Gasteiger partial charge in [-0.2, -0.15) is 0 Å². The van der Waals surface area contributed by atoms with Crippen LogP contribution in [0.4, 0.5) is 0 Å². The van der Waals surface area contributed by atoms with E-state index in [0.29, 0.717) is 27.9 Å². The van der Waals surface area contributed by atoms with Crippen molar-refractivity contribution in [3.8, 4) is 0 Å². The molecule has 2 nitrogen and oxygen atoms in total. The van der Waals surface area contributed by atoms with E-state index < -0.39 is 0 Å². The third-order valence-corrected chi connectivity index (χ3v) is 4.54. The summed E-state index contributed by atoms with van der Waals surface area (Å²) >= 11 is 9.62. The summed E-state index contributed by atoms with van der Waals surface area (Å²) in [4.78, 5) is 12.3. The van der Waals surface area contributed by atoms with Gasteiger partial charge in [-0.25, -0.2) is 0 Å². The minimum absolute atomic E-state index is 0.115. The number of benzene rings is 1. The standard InChI is InChI=1S/C14H19BrClNO/c1-3-10(4-2)12(15)9-17-14(18)11-7-5-6-8-13(11)16/h5-8,10,12H,3-4,9H2,1-2H3,(H,17,18). The summed E-state index contributed by atoms with van der Waals surface area (Å²) in [5.41, 5.74) is 0.531. The number of amides is 1. The molecule has 0 aliphatic rings. The third-order valence-electron chi connectivity index (χ3n) is 3.14. The molecule has 100 valence electrons. The molecule has 0 aliphatic heterocycles. The van der Waals surface area contributed by atoms with Crippen LogP contribution in [0.3, 0.4) is 0 Å². The van der Waals surface area contributed by atoms with Crippen LogP contribution >= 0.6 is 27.5 Å². The topological polar surface area (TPSA) is 29.1 Å². The van der Waals surface area contributed by atoms with Crippen molar-refractivity contribution in [2.24, 2.45) is 5.92 Å². The number of carbonyl (C=O) groups is 1. The van der Waals surface area contributed by atoms with Crippen LogP contribution in [0.25, 0.3) is 0 Å². The molecule has 0 radical (unpaired) electrons. The Labute approximate surface area is 122 Å². The van der Waals surface area contributed by atoms with E-state index in [2.05, 4.69) is 35.1 Å². The van der Waals surface area contributed by atoms with Crippen molar-refractivity contribution in [3.05, 3.63) is 34.9 Å². The molecule has 0 aromatic heterocycles. The predicted octanol–water partition coefficient (Wildman–Crippen LogP) is 4.27. The number of carbonyl (C=O) groups excluding carboxylic acids is 1. The maximum Gasteiger partial charge on any atom is 0.252 e. The van der Waals surface area contributed by atoms with E-state index in [1.54, 1.807) is 12.1 Å². The Balaban J connectivity index is 2.54. The van der Waals surface area contributed by atoms with Crippen LogP contribution < -0.4 is 5.32 Å². The SMILES string of the molecule is CCC(CC)C(Br)CNC(=O)c1ccccc1Cl. The summed E-state index contributed by atoms with van der Waals surface area (Å²) in [7, 11) is 0. The monoisotopic (exact) mass is 331 g/mol. The number of hydrogen-bond donors (Lipinski definition) is 1. The molecule has 0 bridgehead atoms. The van der Waals surface area contributed by atoms with Crippen molar-refractivity contribution < 1.29 is 4.79 Å². The summed E-state index contributed by atoms with van der Waals surface area (Å²) in [6.07, 6.45) is 2.21. The average Bonchev–Trinajstić information content (AvgIpc) is 2.38. The molecule has 1 aromatic carbocycles. The van der Waals surface area contributed by atoms with Gasteiger partial charge in [0, 0.05) is 11.4 Å². The van der Waals surface area contributed by atoms with Crippen LogP contribution in [0, 0.1) is 5.92 Å². The van der Waals surface area contributed by atoms with Crippen molar-refractivity contribution in [2.45, 2.75) is 31.5 Å². The summed E-state index contributed by atoms with van der Waals surface area (Å²) in [6, 6.07) is 7.09. The number of rotatable bonds is 6. The van der Waals surface area contributed by atoms with Crippen molar-refractivity contribution in [1.82, 2.24) is 5.32 Å². The number of hydrogen-bond acceptors (Lipinski definition) is 1. The van der Waals surface area contributed by atoms with Gasteiger partial charge in [0.1, 0.15) is 0 Å². The van der Waals surface area contributed by atoms with Crippen molar-refractivity contribution in [3.63, 3.8) is 0 Å². The molecule has 0 fully saturated rings.